The number of nitrogen functional groups attached to an aromatic ring is 1. The van der Waals surface area contributed by atoms with Gasteiger partial charge >= 0.3 is 0 Å². The molecular formula is C11H17N7O. The predicted molar refractivity (Wildman–Crippen MR) is 72.5 cm³/mol. The van der Waals surface area contributed by atoms with Gasteiger partial charge in [-0.15, -0.1) is 0 Å². The van der Waals surface area contributed by atoms with Crippen molar-refractivity contribution in [2.24, 2.45) is 0 Å². The van der Waals surface area contributed by atoms with Crippen molar-refractivity contribution in [2.45, 2.75) is 19.8 Å². The molecule has 1 amide bonds. The second-order valence-corrected chi connectivity index (χ2v) is 4.09. The van der Waals surface area contributed by atoms with Crippen molar-refractivity contribution < 1.29 is 4.79 Å². The number of aromatic nitrogens is 4. The van der Waals surface area contributed by atoms with Gasteiger partial charge in [-0.05, 0) is 6.42 Å². The molecule has 0 bridgehead atoms. The first-order valence-corrected chi connectivity index (χ1v) is 6.18. The molecule has 0 unspecified atom stereocenters. The number of nitrogens with two attached hydrogens (primary N) is 1. The highest BCUT2D eigenvalue weighted by atomic mass is 16.1. The van der Waals surface area contributed by atoms with E-state index in [0.29, 0.717) is 31.0 Å². The average Bonchev–Trinajstić information content (AvgIpc) is 2.84. The summed E-state index contributed by atoms with van der Waals surface area (Å²) in [5, 5.41) is 13.2. The van der Waals surface area contributed by atoms with Crippen molar-refractivity contribution in [2.75, 3.05) is 24.1 Å². The zero-order valence-electron chi connectivity index (χ0n) is 10.7. The normalized spacial score (nSPS) is 10.6. The second kappa shape index (κ2) is 5.98. The Bertz CT molecular complexity index is 565. The molecule has 0 saturated heterocycles. The van der Waals surface area contributed by atoms with Gasteiger partial charge in [0.2, 0.25) is 11.9 Å². The molecule has 2 heterocycles. The van der Waals surface area contributed by atoms with Crippen LogP contribution in [0, 0.1) is 0 Å². The Labute approximate surface area is 110 Å². The van der Waals surface area contributed by atoms with E-state index in [1.165, 1.54) is 0 Å². The van der Waals surface area contributed by atoms with Crippen LogP contribution < -0.4 is 16.4 Å². The van der Waals surface area contributed by atoms with Crippen LogP contribution >= 0.6 is 0 Å². The van der Waals surface area contributed by atoms with E-state index in [1.54, 1.807) is 6.20 Å². The monoisotopic (exact) mass is 263 g/mol. The summed E-state index contributed by atoms with van der Waals surface area (Å²) in [6, 6.07) is 0. The fourth-order valence-electron chi connectivity index (χ4n) is 1.63. The van der Waals surface area contributed by atoms with Crippen molar-refractivity contribution in [3.05, 3.63) is 6.20 Å². The fourth-order valence-corrected chi connectivity index (χ4v) is 1.63. The maximum Gasteiger partial charge on any atom is 0.224 e. The van der Waals surface area contributed by atoms with Crippen molar-refractivity contribution in [3.63, 3.8) is 0 Å². The van der Waals surface area contributed by atoms with E-state index in [-0.39, 0.29) is 11.9 Å². The molecule has 5 N–H and O–H groups in total. The van der Waals surface area contributed by atoms with Gasteiger partial charge in [0, 0.05) is 19.5 Å². The van der Waals surface area contributed by atoms with Crippen molar-refractivity contribution >= 4 is 28.7 Å². The Kier molecular flexibility index (Phi) is 4.11. The highest BCUT2D eigenvalue weighted by Crippen LogP contribution is 2.18. The largest absolute Gasteiger partial charge is 0.369 e. The Hall–Kier alpha value is -2.38. The van der Waals surface area contributed by atoms with Gasteiger partial charge in [0.05, 0.1) is 11.6 Å². The summed E-state index contributed by atoms with van der Waals surface area (Å²) in [6.45, 7) is 3.19. The number of hydrogen-bond acceptors (Lipinski definition) is 6. The van der Waals surface area contributed by atoms with E-state index in [1.807, 2.05) is 6.92 Å². The van der Waals surface area contributed by atoms with Crippen LogP contribution in [0.25, 0.3) is 11.0 Å². The molecule has 0 aliphatic heterocycles. The number of H-pyrrole nitrogens is 1. The van der Waals surface area contributed by atoms with Crippen molar-refractivity contribution in [3.8, 4) is 0 Å². The summed E-state index contributed by atoms with van der Waals surface area (Å²) in [7, 11) is 0. The van der Waals surface area contributed by atoms with Gasteiger partial charge in [0.15, 0.2) is 5.65 Å². The van der Waals surface area contributed by atoms with Gasteiger partial charge in [-0.3, -0.25) is 9.89 Å². The highest BCUT2D eigenvalue weighted by Gasteiger charge is 2.08. The lowest BCUT2D eigenvalue weighted by Gasteiger charge is -2.07. The number of nitrogens with one attached hydrogen (secondary N) is 3. The molecule has 0 radical (unpaired) electrons. The minimum absolute atomic E-state index is 0.0137. The summed E-state index contributed by atoms with van der Waals surface area (Å²) in [5.74, 6) is 0.758. The lowest BCUT2D eigenvalue weighted by Crippen LogP contribution is -2.26. The maximum atomic E-state index is 11.4. The number of carbonyl (C=O) groups is 1. The molecule has 0 atom stereocenters. The molecule has 2 aromatic heterocycles. The number of amides is 1. The summed E-state index contributed by atoms with van der Waals surface area (Å²) in [5.41, 5.74) is 6.17. The molecular weight excluding hydrogens is 246 g/mol. The average molecular weight is 263 g/mol. The van der Waals surface area contributed by atoms with Crippen LogP contribution in [-0.2, 0) is 4.79 Å². The molecule has 8 nitrogen and oxygen atoms in total. The minimum Gasteiger partial charge on any atom is -0.369 e. The van der Waals surface area contributed by atoms with Crippen LogP contribution in [0.1, 0.15) is 19.8 Å². The van der Waals surface area contributed by atoms with E-state index in [9.17, 15) is 4.79 Å². The van der Waals surface area contributed by atoms with Crippen LogP contribution in [0.2, 0.25) is 0 Å². The Morgan fingerprint density at radius 1 is 1.42 bits per heavy atom. The van der Waals surface area contributed by atoms with Gasteiger partial charge in [-0.1, -0.05) is 6.92 Å². The molecule has 0 aliphatic carbocycles. The standard InChI is InChI=1S/C11H17N7O/c1-2-4-13-8(19)3-5-14-9-7-6-15-18-10(7)17-11(12)16-9/h6H,2-5H2,1H3,(H,13,19)(H4,12,14,15,16,17,18). The number of hydrogen-bond donors (Lipinski definition) is 4. The topological polar surface area (TPSA) is 122 Å². The van der Waals surface area contributed by atoms with Crippen LogP contribution in [0.15, 0.2) is 6.20 Å². The van der Waals surface area contributed by atoms with Gasteiger partial charge in [-0.25, -0.2) is 0 Å². The summed E-state index contributed by atoms with van der Waals surface area (Å²) in [6.07, 6.45) is 2.93. The zero-order chi connectivity index (χ0) is 13.7. The third kappa shape index (κ3) is 3.30. The van der Waals surface area contributed by atoms with Crippen LogP contribution in [0.5, 0.6) is 0 Å². The van der Waals surface area contributed by atoms with Crippen LogP contribution in [-0.4, -0.2) is 39.2 Å². The Morgan fingerprint density at radius 3 is 3.05 bits per heavy atom. The first-order valence-electron chi connectivity index (χ1n) is 6.18. The van der Waals surface area contributed by atoms with E-state index in [2.05, 4.69) is 30.8 Å². The molecule has 0 spiro atoms. The Balaban J connectivity index is 1.94. The molecule has 0 aromatic carbocycles. The fraction of sp³-hybridized carbons (Fsp3) is 0.455. The number of nitrogens with zero attached hydrogens (tertiary/aromatic N) is 3. The van der Waals surface area contributed by atoms with E-state index in [0.717, 1.165) is 11.8 Å². The highest BCUT2D eigenvalue weighted by molar-refractivity contribution is 5.87. The third-order valence-electron chi connectivity index (χ3n) is 2.54. The smallest absolute Gasteiger partial charge is 0.224 e. The number of fused-ring (bicyclic) bond motifs is 1. The lowest BCUT2D eigenvalue weighted by molar-refractivity contribution is -0.120. The number of rotatable bonds is 6. The summed E-state index contributed by atoms with van der Waals surface area (Å²) < 4.78 is 0. The summed E-state index contributed by atoms with van der Waals surface area (Å²) >= 11 is 0. The molecule has 2 rings (SSSR count). The van der Waals surface area contributed by atoms with Gasteiger partial charge in [0.25, 0.3) is 0 Å². The first kappa shape index (κ1) is 13.1. The van der Waals surface area contributed by atoms with Crippen molar-refractivity contribution in [1.29, 1.82) is 0 Å². The lowest BCUT2D eigenvalue weighted by atomic mass is 10.3. The van der Waals surface area contributed by atoms with Gasteiger partial charge in [0.1, 0.15) is 5.82 Å². The van der Waals surface area contributed by atoms with Crippen LogP contribution in [0.4, 0.5) is 11.8 Å². The molecule has 8 heteroatoms. The summed E-state index contributed by atoms with van der Waals surface area (Å²) in [4.78, 5) is 19.6. The molecule has 0 saturated carbocycles. The number of aromatic amines is 1. The second-order valence-electron chi connectivity index (χ2n) is 4.09. The number of carbonyl (C=O) groups excluding carboxylic acids is 1. The quantitative estimate of drug-likeness (QED) is 0.593. The predicted octanol–water partition coefficient (Wildman–Crippen LogP) is 0.263. The molecule has 2 aromatic rings. The van der Waals surface area contributed by atoms with Gasteiger partial charge in [-0.2, -0.15) is 15.1 Å². The first-order chi connectivity index (χ1) is 9.20. The molecule has 19 heavy (non-hydrogen) atoms. The van der Waals surface area contributed by atoms with Gasteiger partial charge < -0.3 is 16.4 Å². The SMILES string of the molecule is CCCNC(=O)CCNc1nc(N)nc2[nH]ncc12. The zero-order valence-corrected chi connectivity index (χ0v) is 10.7. The maximum absolute atomic E-state index is 11.4. The molecule has 102 valence electrons. The number of anilines is 2. The molecule has 0 fully saturated rings. The third-order valence-corrected chi connectivity index (χ3v) is 2.54. The van der Waals surface area contributed by atoms with E-state index in [4.69, 9.17) is 5.73 Å². The van der Waals surface area contributed by atoms with Crippen LogP contribution in [0.3, 0.4) is 0 Å². The van der Waals surface area contributed by atoms with E-state index < -0.39 is 0 Å². The van der Waals surface area contributed by atoms with Crippen molar-refractivity contribution in [1.82, 2.24) is 25.5 Å². The minimum atomic E-state index is 0.0137. The van der Waals surface area contributed by atoms with E-state index >= 15 is 0 Å². The molecule has 0 aliphatic rings. The Morgan fingerprint density at radius 2 is 2.26 bits per heavy atom.